The van der Waals surface area contributed by atoms with Crippen molar-refractivity contribution in [2.24, 2.45) is 0 Å². The topological polar surface area (TPSA) is 38.5 Å². The third kappa shape index (κ3) is 2.15. The molecule has 2 atom stereocenters. The van der Waals surface area contributed by atoms with Crippen molar-refractivity contribution in [3.8, 4) is 0 Å². The van der Waals surface area contributed by atoms with Crippen LogP contribution in [0.1, 0.15) is 18.4 Å². The molecule has 0 radical (unpaired) electrons. The molecule has 4 heteroatoms. The van der Waals surface area contributed by atoms with E-state index in [1.807, 2.05) is 0 Å². The molecule has 2 saturated heterocycles. The van der Waals surface area contributed by atoms with Crippen molar-refractivity contribution in [2.45, 2.75) is 31.6 Å². The van der Waals surface area contributed by atoms with E-state index in [0.717, 1.165) is 25.9 Å². The number of nitrogen functional groups attached to an aromatic ring is 1. The first kappa shape index (κ1) is 11.0. The van der Waals surface area contributed by atoms with Gasteiger partial charge < -0.3 is 10.5 Å². The number of nitrogens with two attached hydrogens (primary N) is 1. The van der Waals surface area contributed by atoms with E-state index in [1.165, 1.54) is 6.07 Å². The van der Waals surface area contributed by atoms with E-state index in [9.17, 15) is 4.39 Å². The summed E-state index contributed by atoms with van der Waals surface area (Å²) in [5.74, 6) is -0.205. The molecule has 2 aliphatic rings. The highest BCUT2D eigenvalue weighted by Crippen LogP contribution is 2.28. The Morgan fingerprint density at radius 3 is 2.65 bits per heavy atom. The number of fused-ring (bicyclic) bond motifs is 2. The summed E-state index contributed by atoms with van der Waals surface area (Å²) in [5, 5.41) is 0. The number of ether oxygens (including phenoxy) is 1. The molecule has 17 heavy (non-hydrogen) atoms. The minimum Gasteiger partial charge on any atom is -0.398 e. The number of hydrogen-bond donors (Lipinski definition) is 1. The number of hydrogen-bond acceptors (Lipinski definition) is 3. The molecule has 0 aliphatic carbocycles. The van der Waals surface area contributed by atoms with Crippen LogP contribution in [-0.2, 0) is 11.3 Å². The minimum absolute atomic E-state index is 0.205. The van der Waals surface area contributed by atoms with Crippen molar-refractivity contribution in [1.29, 1.82) is 0 Å². The average molecular weight is 236 g/mol. The van der Waals surface area contributed by atoms with Crippen LogP contribution in [0.5, 0.6) is 0 Å². The maximum atomic E-state index is 13.7. The molecule has 3 nitrogen and oxygen atoms in total. The van der Waals surface area contributed by atoms with Crippen molar-refractivity contribution in [3.63, 3.8) is 0 Å². The monoisotopic (exact) mass is 236 g/mol. The van der Waals surface area contributed by atoms with Crippen molar-refractivity contribution in [1.82, 2.24) is 4.90 Å². The number of halogens is 1. The molecular formula is C13H17FN2O. The van der Waals surface area contributed by atoms with Crippen LogP contribution in [0, 0.1) is 5.82 Å². The predicted octanol–water partition coefficient (Wildman–Crippen LogP) is 1.77. The second-order valence-corrected chi connectivity index (χ2v) is 4.96. The molecule has 2 bridgehead atoms. The third-order valence-corrected chi connectivity index (χ3v) is 3.66. The van der Waals surface area contributed by atoms with Crippen LogP contribution in [0.3, 0.4) is 0 Å². The van der Waals surface area contributed by atoms with Gasteiger partial charge in [0.05, 0.1) is 12.2 Å². The van der Waals surface area contributed by atoms with Crippen LogP contribution in [0.4, 0.5) is 10.1 Å². The van der Waals surface area contributed by atoms with Gasteiger partial charge >= 0.3 is 0 Å². The lowest BCUT2D eigenvalue weighted by atomic mass is 10.1. The maximum Gasteiger partial charge on any atom is 0.129 e. The van der Waals surface area contributed by atoms with Gasteiger partial charge in [-0.05, 0) is 25.0 Å². The Bertz CT molecular complexity index is 392. The van der Waals surface area contributed by atoms with Crippen LogP contribution in [0.25, 0.3) is 0 Å². The van der Waals surface area contributed by atoms with Crippen LogP contribution < -0.4 is 5.73 Å². The molecule has 92 valence electrons. The molecular weight excluding hydrogens is 219 g/mol. The Labute approximate surface area is 100 Å². The second kappa shape index (κ2) is 4.27. The first-order valence-corrected chi connectivity index (χ1v) is 6.13. The zero-order valence-corrected chi connectivity index (χ0v) is 9.73. The molecule has 0 saturated carbocycles. The number of rotatable bonds is 2. The molecule has 2 heterocycles. The first-order chi connectivity index (χ1) is 8.22. The van der Waals surface area contributed by atoms with Crippen LogP contribution >= 0.6 is 0 Å². The Morgan fingerprint density at radius 1 is 1.29 bits per heavy atom. The van der Waals surface area contributed by atoms with Crippen LogP contribution in [0.15, 0.2) is 18.2 Å². The lowest BCUT2D eigenvalue weighted by Crippen LogP contribution is -2.42. The fourth-order valence-corrected chi connectivity index (χ4v) is 2.79. The normalized spacial score (nSPS) is 28.5. The van der Waals surface area contributed by atoms with Gasteiger partial charge in [0, 0.05) is 30.9 Å². The summed E-state index contributed by atoms with van der Waals surface area (Å²) < 4.78 is 19.4. The zero-order chi connectivity index (χ0) is 11.8. The molecule has 0 spiro atoms. The van der Waals surface area contributed by atoms with Crippen molar-refractivity contribution < 1.29 is 9.13 Å². The predicted molar refractivity (Wildman–Crippen MR) is 64.0 cm³/mol. The van der Waals surface area contributed by atoms with Gasteiger partial charge in [0.2, 0.25) is 0 Å². The number of morpholine rings is 1. The van der Waals surface area contributed by atoms with E-state index < -0.39 is 0 Å². The number of benzene rings is 1. The summed E-state index contributed by atoms with van der Waals surface area (Å²) in [6, 6.07) is 4.88. The van der Waals surface area contributed by atoms with Crippen LogP contribution in [0.2, 0.25) is 0 Å². The fraction of sp³-hybridized carbons (Fsp3) is 0.538. The van der Waals surface area contributed by atoms with Gasteiger partial charge in [-0.3, -0.25) is 4.90 Å². The molecule has 3 rings (SSSR count). The molecule has 2 unspecified atom stereocenters. The van der Waals surface area contributed by atoms with Gasteiger partial charge in [-0.2, -0.15) is 0 Å². The number of likely N-dealkylation sites (tertiary alicyclic amines) is 1. The van der Waals surface area contributed by atoms with E-state index in [-0.39, 0.29) is 5.82 Å². The quantitative estimate of drug-likeness (QED) is 0.795. The Kier molecular flexibility index (Phi) is 2.76. The lowest BCUT2D eigenvalue weighted by molar-refractivity contribution is -0.0412. The van der Waals surface area contributed by atoms with Crippen LogP contribution in [-0.4, -0.2) is 30.2 Å². The van der Waals surface area contributed by atoms with Gasteiger partial charge in [-0.15, -0.1) is 0 Å². The Balaban J connectivity index is 1.74. The van der Waals surface area contributed by atoms with Gasteiger partial charge in [0.15, 0.2) is 0 Å². The van der Waals surface area contributed by atoms with Gasteiger partial charge in [-0.25, -0.2) is 4.39 Å². The van der Waals surface area contributed by atoms with Gasteiger partial charge in [-0.1, -0.05) is 6.07 Å². The Hall–Kier alpha value is -1.13. The molecule has 2 fully saturated rings. The maximum absolute atomic E-state index is 13.7. The smallest absolute Gasteiger partial charge is 0.129 e. The highest BCUT2D eigenvalue weighted by Gasteiger charge is 2.33. The van der Waals surface area contributed by atoms with Crippen molar-refractivity contribution in [2.75, 3.05) is 18.8 Å². The minimum atomic E-state index is -0.205. The molecule has 0 aromatic heterocycles. The molecule has 2 N–H and O–H groups in total. The zero-order valence-electron chi connectivity index (χ0n) is 9.73. The third-order valence-electron chi connectivity index (χ3n) is 3.66. The first-order valence-electron chi connectivity index (χ1n) is 6.13. The van der Waals surface area contributed by atoms with Crippen molar-refractivity contribution >= 4 is 5.69 Å². The molecule has 2 aliphatic heterocycles. The summed E-state index contributed by atoms with van der Waals surface area (Å²) in [4.78, 5) is 2.25. The van der Waals surface area contributed by atoms with Gasteiger partial charge in [0.25, 0.3) is 0 Å². The summed E-state index contributed by atoms with van der Waals surface area (Å²) in [5.41, 5.74) is 6.99. The Morgan fingerprint density at radius 2 is 2.00 bits per heavy atom. The molecule has 1 aromatic carbocycles. The lowest BCUT2D eigenvalue weighted by Gasteiger charge is -2.32. The average Bonchev–Trinajstić information content (AvgIpc) is 2.64. The fourth-order valence-electron chi connectivity index (χ4n) is 2.79. The van der Waals surface area contributed by atoms with E-state index in [2.05, 4.69) is 4.90 Å². The van der Waals surface area contributed by atoms with E-state index in [0.29, 0.717) is 30.0 Å². The SMILES string of the molecule is Nc1cccc(F)c1CN1CC2CCC(C1)O2. The standard InChI is InChI=1S/C13H17FN2O/c14-12-2-1-3-13(15)11(12)8-16-6-9-4-5-10(7-16)17-9/h1-3,9-10H,4-8,15H2. The van der Waals surface area contributed by atoms with Gasteiger partial charge in [0.1, 0.15) is 5.82 Å². The summed E-state index contributed by atoms with van der Waals surface area (Å²) in [6.45, 7) is 2.38. The van der Waals surface area contributed by atoms with E-state index in [1.54, 1.807) is 12.1 Å². The van der Waals surface area contributed by atoms with E-state index >= 15 is 0 Å². The summed E-state index contributed by atoms with van der Waals surface area (Å²) >= 11 is 0. The van der Waals surface area contributed by atoms with E-state index in [4.69, 9.17) is 10.5 Å². The number of nitrogens with zero attached hydrogens (tertiary/aromatic N) is 1. The highest BCUT2D eigenvalue weighted by atomic mass is 19.1. The molecule has 1 aromatic rings. The largest absolute Gasteiger partial charge is 0.398 e. The summed E-state index contributed by atoms with van der Waals surface area (Å²) in [6.07, 6.45) is 2.94. The highest BCUT2D eigenvalue weighted by molar-refractivity contribution is 5.47. The summed E-state index contributed by atoms with van der Waals surface area (Å²) in [7, 11) is 0. The molecule has 0 amide bonds. The number of anilines is 1. The van der Waals surface area contributed by atoms with Crippen molar-refractivity contribution in [3.05, 3.63) is 29.6 Å². The second-order valence-electron chi connectivity index (χ2n) is 4.96.